The van der Waals surface area contributed by atoms with Crippen molar-refractivity contribution in [3.63, 3.8) is 0 Å². The Kier molecular flexibility index (Phi) is 8.21. The predicted octanol–water partition coefficient (Wildman–Crippen LogP) is 8.65. The van der Waals surface area contributed by atoms with Crippen LogP contribution in [0.5, 0.6) is 0 Å². The third-order valence-electron chi connectivity index (χ3n) is 17.4. The first kappa shape index (κ1) is 35.0. The molecule has 0 aromatic rings. The summed E-state index contributed by atoms with van der Waals surface area (Å²) < 4.78 is 11.5. The molecule has 0 bridgehead atoms. The smallest absolute Gasteiger partial charge is 0.302 e. The molecule has 0 spiro atoms. The zero-order valence-corrected chi connectivity index (χ0v) is 31.8. The Labute approximate surface area is 300 Å². The standard InChI is InChI=1S/C23H32O3.C21H30O3/c1-14(24)19-7-8-20-18-6-5-16-13-17(26-15(2)25)9-11-22(16,3)21(18)10-12-23(19,20)4;1-12(22)21-18(24-21)11-17-15-5-4-13-10-14(23)6-8-19(13,2)16(15)7-9-20(17,21)3/h5,7,17-18,20-21H,6,8-13H2,1-4H3;4,14-18,23H,5-11H2,1-3H3/t17?,18?,20?,21?,22-,23+;14?,15?,16?,17?,18-,19+,20+,21-/m01/s1. The highest BCUT2D eigenvalue weighted by Crippen LogP contribution is 2.73. The quantitative estimate of drug-likeness (QED) is 0.182. The predicted molar refractivity (Wildman–Crippen MR) is 193 cm³/mol. The zero-order chi connectivity index (χ0) is 35.6. The molecule has 1 heterocycles. The van der Waals surface area contributed by atoms with Crippen molar-refractivity contribution < 1.29 is 29.0 Å². The van der Waals surface area contributed by atoms with Crippen molar-refractivity contribution in [3.05, 3.63) is 34.9 Å². The molecule has 1 N–H and O–H groups in total. The number of carbonyl (C=O) groups excluding carboxylic acids is 3. The molecule has 5 saturated carbocycles. The van der Waals surface area contributed by atoms with Crippen molar-refractivity contribution >= 4 is 17.5 Å². The van der Waals surface area contributed by atoms with E-state index < -0.39 is 5.60 Å². The summed E-state index contributed by atoms with van der Waals surface area (Å²) >= 11 is 0. The number of ketones is 2. The Morgan fingerprint density at radius 3 is 1.96 bits per heavy atom. The van der Waals surface area contributed by atoms with Crippen LogP contribution in [0.3, 0.4) is 0 Å². The van der Waals surface area contributed by atoms with Gasteiger partial charge in [-0.05, 0) is 155 Å². The monoisotopic (exact) mass is 686 g/mol. The molecule has 9 aliphatic rings. The SMILES string of the molecule is CC(=O)OC1CC[C@@]2(C)C(=CCC3C2CC[C@]2(C)C(C(C)=O)=CCC32)C1.CC(=O)[C@@]12O[C@@H]1CC1C3CC=C4CC(O)CC[C@]4(C)C3CC[C@@]12C. The number of carbonyl (C=O) groups is 3. The minimum absolute atomic E-state index is 0.0422. The normalized spacial score (nSPS) is 50.8. The van der Waals surface area contributed by atoms with Crippen molar-refractivity contribution in [2.45, 2.75) is 162 Å². The fourth-order valence-electron chi connectivity index (χ4n) is 14.8. The lowest BCUT2D eigenvalue weighted by Crippen LogP contribution is -2.54. The molecule has 0 aromatic heterocycles. The van der Waals surface area contributed by atoms with Crippen molar-refractivity contribution in [3.8, 4) is 0 Å². The number of ether oxygens (including phenoxy) is 2. The number of rotatable bonds is 3. The van der Waals surface area contributed by atoms with Gasteiger partial charge in [-0.3, -0.25) is 14.4 Å². The molecule has 8 aliphatic carbocycles. The highest BCUT2D eigenvalue weighted by atomic mass is 16.6. The summed E-state index contributed by atoms with van der Waals surface area (Å²) in [4.78, 5) is 35.9. The fraction of sp³-hybridized carbons (Fsp3) is 0.795. The molecule has 6 fully saturated rings. The summed E-state index contributed by atoms with van der Waals surface area (Å²) in [6.07, 6.45) is 22.4. The van der Waals surface area contributed by atoms with Crippen LogP contribution in [0.2, 0.25) is 0 Å². The lowest BCUT2D eigenvalue weighted by atomic mass is 9.47. The minimum atomic E-state index is -0.448. The number of aliphatic hydroxyl groups is 1. The maximum atomic E-state index is 12.4. The Hall–Kier alpha value is -2.05. The minimum Gasteiger partial charge on any atom is -0.462 e. The Balaban J connectivity index is 0.000000145. The highest BCUT2D eigenvalue weighted by Gasteiger charge is 2.79. The van der Waals surface area contributed by atoms with Gasteiger partial charge in [0.15, 0.2) is 17.2 Å². The molecule has 14 atom stereocenters. The van der Waals surface area contributed by atoms with E-state index in [0.717, 1.165) is 88.5 Å². The Bertz CT molecular complexity index is 1570. The van der Waals surface area contributed by atoms with Gasteiger partial charge in [0.1, 0.15) is 6.10 Å². The maximum Gasteiger partial charge on any atom is 0.302 e. The largest absolute Gasteiger partial charge is 0.462 e. The van der Waals surface area contributed by atoms with E-state index in [1.807, 2.05) is 0 Å². The number of epoxide rings is 1. The molecule has 6 nitrogen and oxygen atoms in total. The van der Waals surface area contributed by atoms with Crippen molar-refractivity contribution in [1.82, 2.24) is 0 Å². The summed E-state index contributed by atoms with van der Waals surface area (Å²) in [5, 5.41) is 10.1. The van der Waals surface area contributed by atoms with Crippen LogP contribution in [0.15, 0.2) is 34.9 Å². The van der Waals surface area contributed by atoms with Crippen LogP contribution in [0.25, 0.3) is 0 Å². The van der Waals surface area contributed by atoms with Gasteiger partial charge in [-0.2, -0.15) is 0 Å². The number of hydrogen-bond acceptors (Lipinski definition) is 6. The molecule has 8 unspecified atom stereocenters. The number of Topliss-reactive ketones (excluding diaryl/α,β-unsaturated/α-hetero) is 2. The number of allylic oxidation sites excluding steroid dienone is 4. The van der Waals surface area contributed by atoms with Crippen LogP contribution < -0.4 is 0 Å². The topological polar surface area (TPSA) is 93.2 Å². The molecule has 274 valence electrons. The fourth-order valence-corrected chi connectivity index (χ4v) is 14.8. The van der Waals surface area contributed by atoms with E-state index in [1.165, 1.54) is 30.9 Å². The first-order valence-electron chi connectivity index (χ1n) is 20.2. The van der Waals surface area contributed by atoms with E-state index in [-0.39, 0.29) is 57.5 Å². The van der Waals surface area contributed by atoms with Crippen LogP contribution in [0, 0.1) is 57.2 Å². The van der Waals surface area contributed by atoms with E-state index >= 15 is 0 Å². The second kappa shape index (κ2) is 11.7. The molecular formula is C44H62O6. The van der Waals surface area contributed by atoms with Gasteiger partial charge >= 0.3 is 5.97 Å². The highest BCUT2D eigenvalue weighted by molar-refractivity contribution is 5.95. The van der Waals surface area contributed by atoms with E-state index in [2.05, 4.69) is 45.9 Å². The van der Waals surface area contributed by atoms with Gasteiger partial charge in [-0.25, -0.2) is 0 Å². The number of hydrogen-bond donors (Lipinski definition) is 1. The van der Waals surface area contributed by atoms with Crippen LogP contribution in [0.4, 0.5) is 0 Å². The third-order valence-corrected chi connectivity index (χ3v) is 17.4. The molecule has 50 heavy (non-hydrogen) atoms. The van der Waals surface area contributed by atoms with Gasteiger partial charge in [0.25, 0.3) is 0 Å². The van der Waals surface area contributed by atoms with Gasteiger partial charge in [-0.15, -0.1) is 0 Å². The first-order valence-corrected chi connectivity index (χ1v) is 20.2. The molecule has 0 aromatic carbocycles. The Morgan fingerprint density at radius 2 is 1.32 bits per heavy atom. The van der Waals surface area contributed by atoms with E-state index in [1.54, 1.807) is 13.8 Å². The van der Waals surface area contributed by atoms with Gasteiger partial charge in [0.2, 0.25) is 0 Å². The third kappa shape index (κ3) is 4.81. The summed E-state index contributed by atoms with van der Waals surface area (Å²) in [6.45, 7) is 14.6. The second-order valence-electron chi connectivity index (χ2n) is 19.3. The van der Waals surface area contributed by atoms with Crippen molar-refractivity contribution in [2.24, 2.45) is 57.2 Å². The molecule has 1 saturated heterocycles. The summed E-state index contributed by atoms with van der Waals surface area (Å²) in [5.41, 5.74) is 4.35. The first-order chi connectivity index (χ1) is 23.6. The molecule has 1 aliphatic heterocycles. The molecule has 0 radical (unpaired) electrons. The number of fused-ring (bicyclic) bond motifs is 12. The summed E-state index contributed by atoms with van der Waals surface area (Å²) in [7, 11) is 0. The molecule has 6 heteroatoms. The second-order valence-corrected chi connectivity index (χ2v) is 19.3. The maximum absolute atomic E-state index is 12.4. The van der Waals surface area contributed by atoms with Crippen molar-refractivity contribution in [2.75, 3.05) is 0 Å². The summed E-state index contributed by atoms with van der Waals surface area (Å²) in [6, 6.07) is 0. The average molecular weight is 687 g/mol. The number of esters is 1. The van der Waals surface area contributed by atoms with Gasteiger partial charge in [0.05, 0.1) is 12.2 Å². The lowest BCUT2D eigenvalue weighted by molar-refractivity contribution is -0.148. The van der Waals surface area contributed by atoms with Crippen LogP contribution in [-0.2, 0) is 23.9 Å². The molecule has 9 rings (SSSR count). The van der Waals surface area contributed by atoms with E-state index in [0.29, 0.717) is 29.6 Å². The van der Waals surface area contributed by atoms with Crippen LogP contribution in [0.1, 0.15) is 138 Å². The van der Waals surface area contributed by atoms with Gasteiger partial charge in [0, 0.05) is 18.8 Å². The lowest BCUT2D eigenvalue weighted by Gasteiger charge is -2.58. The van der Waals surface area contributed by atoms with Crippen LogP contribution in [-0.4, -0.2) is 46.6 Å². The van der Waals surface area contributed by atoms with E-state index in [9.17, 15) is 19.5 Å². The molecular weight excluding hydrogens is 624 g/mol. The average Bonchev–Trinajstić information content (AvgIpc) is 3.60. The van der Waals surface area contributed by atoms with Gasteiger partial charge < -0.3 is 14.6 Å². The summed E-state index contributed by atoms with van der Waals surface area (Å²) in [5.74, 6) is 4.42. The molecule has 0 amide bonds. The van der Waals surface area contributed by atoms with E-state index in [4.69, 9.17) is 9.47 Å². The zero-order valence-electron chi connectivity index (χ0n) is 31.8. The van der Waals surface area contributed by atoms with Crippen molar-refractivity contribution in [1.29, 1.82) is 0 Å². The van der Waals surface area contributed by atoms with Gasteiger partial charge in [-0.1, -0.05) is 57.1 Å². The number of aliphatic hydroxyl groups excluding tert-OH is 1. The van der Waals surface area contributed by atoms with Crippen LogP contribution >= 0.6 is 0 Å². The Morgan fingerprint density at radius 1 is 0.720 bits per heavy atom.